The number of nitrogens with zero attached hydrogens (tertiary/aromatic N) is 1. The summed E-state index contributed by atoms with van der Waals surface area (Å²) in [5.41, 5.74) is 15.5. The summed E-state index contributed by atoms with van der Waals surface area (Å²) in [5.74, 6) is 0.628. The van der Waals surface area contributed by atoms with Gasteiger partial charge in [0.05, 0.1) is 11.1 Å². The molecule has 59 heavy (non-hydrogen) atoms. The minimum Gasteiger partial charge on any atom is -0.310 e. The van der Waals surface area contributed by atoms with Crippen molar-refractivity contribution in [2.75, 3.05) is 4.90 Å². The van der Waals surface area contributed by atoms with E-state index in [2.05, 4.69) is 187 Å². The topological polar surface area (TPSA) is 3.24 Å². The van der Waals surface area contributed by atoms with E-state index in [4.69, 9.17) is 0 Å². The van der Waals surface area contributed by atoms with Gasteiger partial charge in [0.2, 0.25) is 0 Å². The highest BCUT2D eigenvalue weighted by atomic mass is 32.1. The van der Waals surface area contributed by atoms with Gasteiger partial charge in [0.25, 0.3) is 0 Å². The molecule has 0 bridgehead atoms. The van der Waals surface area contributed by atoms with Crippen LogP contribution in [-0.4, -0.2) is 0 Å². The van der Waals surface area contributed by atoms with Gasteiger partial charge in [0.1, 0.15) is 0 Å². The summed E-state index contributed by atoms with van der Waals surface area (Å²) >= 11 is 1.88. The van der Waals surface area contributed by atoms with Crippen LogP contribution in [0.2, 0.25) is 0 Å². The maximum atomic E-state index is 2.60. The Morgan fingerprint density at radius 3 is 2.02 bits per heavy atom. The predicted octanol–water partition coefficient (Wildman–Crippen LogP) is 16.2. The van der Waals surface area contributed by atoms with Gasteiger partial charge in [-0.1, -0.05) is 159 Å². The molecular weight excluding hydrogens is 731 g/mol. The van der Waals surface area contributed by atoms with Crippen molar-refractivity contribution in [3.8, 4) is 22.3 Å². The number of hydrogen-bond donors (Lipinski definition) is 0. The maximum Gasteiger partial charge on any atom is 0.0726 e. The fourth-order valence-corrected chi connectivity index (χ4v) is 12.6. The fraction of sp³-hybridized carbons (Fsp3) is 0.123. The van der Waals surface area contributed by atoms with E-state index in [-0.39, 0.29) is 0 Å². The molecule has 0 amide bonds. The molecule has 1 unspecified atom stereocenters. The molecular formula is C57H41NS. The first kappa shape index (κ1) is 33.5. The van der Waals surface area contributed by atoms with E-state index >= 15 is 0 Å². The Morgan fingerprint density at radius 2 is 1.08 bits per heavy atom. The monoisotopic (exact) mass is 771 g/mol. The van der Waals surface area contributed by atoms with E-state index in [9.17, 15) is 0 Å². The Bertz CT molecular complexity index is 3330. The van der Waals surface area contributed by atoms with Crippen LogP contribution in [-0.2, 0) is 5.41 Å². The van der Waals surface area contributed by atoms with E-state index in [0.29, 0.717) is 5.92 Å². The molecule has 2 heteroatoms. The van der Waals surface area contributed by atoms with E-state index in [1.807, 2.05) is 11.3 Å². The maximum absolute atomic E-state index is 2.60. The minimum atomic E-state index is -0.492. The minimum absolute atomic E-state index is 0.492. The molecule has 0 radical (unpaired) electrons. The van der Waals surface area contributed by atoms with Crippen molar-refractivity contribution >= 4 is 70.1 Å². The van der Waals surface area contributed by atoms with Crippen LogP contribution >= 0.6 is 11.3 Å². The van der Waals surface area contributed by atoms with E-state index in [0.717, 1.165) is 11.4 Å². The van der Waals surface area contributed by atoms with E-state index < -0.39 is 5.41 Å². The van der Waals surface area contributed by atoms with Crippen LogP contribution in [0.4, 0.5) is 17.1 Å². The molecule has 3 aliphatic rings. The van der Waals surface area contributed by atoms with Gasteiger partial charge in [-0.3, -0.25) is 0 Å². The van der Waals surface area contributed by atoms with Crippen molar-refractivity contribution in [2.45, 2.75) is 43.4 Å². The van der Waals surface area contributed by atoms with Gasteiger partial charge in [-0.15, -0.1) is 11.3 Å². The van der Waals surface area contributed by atoms with E-state index in [1.54, 1.807) is 0 Å². The SMILES string of the molecule is c1ccc2c(c1)-c1ccc(N(c3ccc4sc5ccccc5c4c3)c3cccc4ccccc34)cc1C21c2ccc(C3CCCCC3)cc2-c2cccc3cccc1c23. The summed E-state index contributed by atoms with van der Waals surface area (Å²) in [6.07, 6.45) is 6.60. The van der Waals surface area contributed by atoms with Crippen LogP contribution in [0.15, 0.2) is 182 Å². The Morgan fingerprint density at radius 1 is 0.424 bits per heavy atom. The summed E-state index contributed by atoms with van der Waals surface area (Å²) in [6, 6.07) is 69.7. The van der Waals surface area contributed by atoms with Gasteiger partial charge in [-0.2, -0.15) is 0 Å². The van der Waals surface area contributed by atoms with Gasteiger partial charge in [-0.25, -0.2) is 0 Å². The molecule has 0 N–H and O–H groups in total. The molecule has 0 aliphatic heterocycles. The summed E-state index contributed by atoms with van der Waals surface area (Å²) in [5, 5.41) is 7.78. The van der Waals surface area contributed by atoms with Gasteiger partial charge in [0, 0.05) is 36.9 Å². The molecule has 0 saturated heterocycles. The standard InChI is InChI=1S/C57H41NS/c1-2-13-36(14-3-1)39-27-31-50-47(33-39)46-22-10-17-38-18-11-24-51(56(38)46)57(50)49-23-8-6-20-43(49)44-30-28-41(35-52(44)57)58(53-25-12-16-37-15-4-5-19-42(37)53)40-29-32-55-48(34-40)45-21-7-9-26-54(45)59-55/h4-12,15-36H,1-3,13-14H2. The molecule has 1 spiro atoms. The van der Waals surface area contributed by atoms with Crippen LogP contribution in [0.3, 0.4) is 0 Å². The average molecular weight is 772 g/mol. The smallest absolute Gasteiger partial charge is 0.0726 e. The Balaban J connectivity index is 1.11. The zero-order valence-electron chi connectivity index (χ0n) is 32.8. The van der Waals surface area contributed by atoms with E-state index in [1.165, 1.54) is 130 Å². The highest BCUT2D eigenvalue weighted by Gasteiger charge is 2.50. The lowest BCUT2D eigenvalue weighted by atomic mass is 9.61. The predicted molar refractivity (Wildman–Crippen MR) is 251 cm³/mol. The fourth-order valence-electron chi connectivity index (χ4n) is 11.5. The lowest BCUT2D eigenvalue weighted by molar-refractivity contribution is 0.443. The molecule has 1 fully saturated rings. The molecule has 10 aromatic rings. The van der Waals surface area contributed by atoms with Gasteiger partial charge < -0.3 is 4.90 Å². The molecule has 1 heterocycles. The molecule has 3 aliphatic carbocycles. The van der Waals surface area contributed by atoms with Gasteiger partial charge >= 0.3 is 0 Å². The Labute approximate surface area is 348 Å². The second kappa shape index (κ2) is 12.8. The van der Waals surface area contributed by atoms with Crippen molar-refractivity contribution in [3.63, 3.8) is 0 Å². The van der Waals surface area contributed by atoms with Crippen molar-refractivity contribution < 1.29 is 0 Å². The normalized spacial score (nSPS) is 16.8. The zero-order valence-corrected chi connectivity index (χ0v) is 33.6. The third-order valence-corrected chi connectivity index (χ3v) is 15.2. The van der Waals surface area contributed by atoms with Crippen molar-refractivity contribution in [1.29, 1.82) is 0 Å². The zero-order chi connectivity index (χ0) is 38.7. The van der Waals surface area contributed by atoms with Crippen molar-refractivity contribution in [1.82, 2.24) is 0 Å². The lowest BCUT2D eigenvalue weighted by Crippen LogP contribution is -2.32. The highest BCUT2D eigenvalue weighted by Crippen LogP contribution is 2.63. The first-order valence-corrected chi connectivity index (χ1v) is 22.2. The quantitative estimate of drug-likeness (QED) is 0.172. The molecule has 1 nitrogen and oxygen atoms in total. The molecule has 1 saturated carbocycles. The molecule has 1 aromatic heterocycles. The van der Waals surface area contributed by atoms with Gasteiger partial charge in [-0.05, 0) is 127 Å². The van der Waals surface area contributed by atoms with Crippen LogP contribution in [0, 0.1) is 0 Å². The Hall–Kier alpha value is -6.48. The lowest BCUT2D eigenvalue weighted by Gasteiger charge is -2.41. The first-order valence-electron chi connectivity index (χ1n) is 21.4. The van der Waals surface area contributed by atoms with Crippen LogP contribution in [0.5, 0.6) is 0 Å². The number of benzene rings is 9. The second-order valence-corrected chi connectivity index (χ2v) is 18.1. The molecule has 9 aromatic carbocycles. The highest BCUT2D eigenvalue weighted by molar-refractivity contribution is 7.25. The van der Waals surface area contributed by atoms with Crippen molar-refractivity contribution in [2.24, 2.45) is 0 Å². The molecule has 280 valence electrons. The molecule has 1 atom stereocenters. The van der Waals surface area contributed by atoms with Crippen LogP contribution in [0.1, 0.15) is 65.8 Å². The number of anilines is 3. The first-order chi connectivity index (χ1) is 29.3. The average Bonchev–Trinajstić information content (AvgIpc) is 3.82. The summed E-state index contributed by atoms with van der Waals surface area (Å²) in [4.78, 5) is 2.52. The van der Waals surface area contributed by atoms with Crippen LogP contribution < -0.4 is 4.90 Å². The van der Waals surface area contributed by atoms with Gasteiger partial charge in [0.15, 0.2) is 0 Å². The summed E-state index contributed by atoms with van der Waals surface area (Å²) < 4.78 is 2.64. The number of thiophene rings is 1. The Kier molecular flexibility index (Phi) is 7.24. The number of fused-ring (bicyclic) bond motifs is 13. The van der Waals surface area contributed by atoms with Crippen LogP contribution in [0.25, 0.3) is 64.0 Å². The third kappa shape index (κ3) is 4.72. The largest absolute Gasteiger partial charge is 0.310 e. The number of hydrogen-bond acceptors (Lipinski definition) is 2. The second-order valence-electron chi connectivity index (χ2n) is 17.0. The third-order valence-electron chi connectivity index (χ3n) is 14.0. The van der Waals surface area contributed by atoms with Crippen molar-refractivity contribution in [3.05, 3.63) is 210 Å². The summed E-state index contributed by atoms with van der Waals surface area (Å²) in [7, 11) is 0. The summed E-state index contributed by atoms with van der Waals surface area (Å²) in [6.45, 7) is 0. The number of rotatable bonds is 4. The molecule has 13 rings (SSSR count).